The molecule has 0 bridgehead atoms. The van der Waals surface area contributed by atoms with Crippen LogP contribution in [0.25, 0.3) is 0 Å². The molecule has 0 amide bonds. The number of aliphatic hydroxyl groups excluding tert-OH is 2. The summed E-state index contributed by atoms with van der Waals surface area (Å²) in [6.45, 7) is 4.16. The van der Waals surface area contributed by atoms with Gasteiger partial charge in [-0.1, -0.05) is 90.9 Å². The van der Waals surface area contributed by atoms with Crippen molar-refractivity contribution in [3.63, 3.8) is 0 Å². The normalized spacial score (nSPS) is 13.6. The summed E-state index contributed by atoms with van der Waals surface area (Å²) >= 11 is 0. The van der Waals surface area contributed by atoms with Crippen LogP contribution < -0.4 is 0 Å². The smallest absolute Gasteiger partial charge is 0.305 e. The van der Waals surface area contributed by atoms with Gasteiger partial charge in [-0.25, -0.2) is 0 Å². The molecule has 2 unspecified atom stereocenters. The average Bonchev–Trinajstić information content (AvgIpc) is 2.61. The first-order chi connectivity index (χ1) is 12.1. The van der Waals surface area contributed by atoms with Gasteiger partial charge in [-0.3, -0.25) is 4.79 Å². The maximum atomic E-state index is 11.4. The van der Waals surface area contributed by atoms with Crippen LogP contribution in [0.5, 0.6) is 0 Å². The van der Waals surface area contributed by atoms with Crippen LogP contribution in [0.15, 0.2) is 0 Å². The van der Waals surface area contributed by atoms with Crippen molar-refractivity contribution in [2.45, 2.75) is 110 Å². The Bertz CT molecular complexity index is 294. The monoisotopic (exact) mass is 358 g/mol. The molecular formula is C21H42O4. The van der Waals surface area contributed by atoms with E-state index in [0.29, 0.717) is 6.42 Å². The fourth-order valence-corrected chi connectivity index (χ4v) is 3.02. The van der Waals surface area contributed by atoms with E-state index >= 15 is 0 Å². The summed E-state index contributed by atoms with van der Waals surface area (Å²) in [4.78, 5) is 11.4. The van der Waals surface area contributed by atoms with Crippen LogP contribution in [-0.4, -0.2) is 35.5 Å². The van der Waals surface area contributed by atoms with E-state index in [0.717, 1.165) is 18.8 Å². The van der Waals surface area contributed by atoms with Gasteiger partial charge in [0, 0.05) is 6.42 Å². The zero-order chi connectivity index (χ0) is 18.8. The van der Waals surface area contributed by atoms with Gasteiger partial charge in [-0.2, -0.15) is 0 Å². The van der Waals surface area contributed by atoms with Gasteiger partial charge in [-0.05, 0) is 12.3 Å². The summed E-state index contributed by atoms with van der Waals surface area (Å²) in [6.07, 6.45) is 16.1. The third kappa shape index (κ3) is 18.0. The highest BCUT2D eigenvalue weighted by atomic mass is 16.5. The molecule has 0 aliphatic heterocycles. The van der Waals surface area contributed by atoms with E-state index in [1.54, 1.807) is 0 Å². The van der Waals surface area contributed by atoms with Crippen molar-refractivity contribution in [3.05, 3.63) is 0 Å². The van der Waals surface area contributed by atoms with E-state index in [1.165, 1.54) is 70.6 Å². The highest BCUT2D eigenvalue weighted by molar-refractivity contribution is 5.69. The Morgan fingerprint density at radius 1 is 0.880 bits per heavy atom. The van der Waals surface area contributed by atoms with E-state index in [1.807, 2.05) is 0 Å². The Kier molecular flexibility index (Phi) is 17.7. The van der Waals surface area contributed by atoms with Crippen LogP contribution in [-0.2, 0) is 9.53 Å². The third-order valence-electron chi connectivity index (χ3n) is 4.78. The van der Waals surface area contributed by atoms with Crippen molar-refractivity contribution < 1.29 is 19.7 Å². The molecule has 0 aliphatic rings. The lowest BCUT2D eigenvalue weighted by molar-refractivity contribution is -0.147. The van der Waals surface area contributed by atoms with E-state index in [9.17, 15) is 4.79 Å². The maximum absolute atomic E-state index is 11.4. The summed E-state index contributed by atoms with van der Waals surface area (Å²) in [7, 11) is 0. The molecule has 0 rings (SSSR count). The summed E-state index contributed by atoms with van der Waals surface area (Å²) in [5.41, 5.74) is 0. The van der Waals surface area contributed by atoms with E-state index in [-0.39, 0.29) is 19.2 Å². The first-order valence-corrected chi connectivity index (χ1v) is 10.5. The number of esters is 1. The SMILES string of the molecule is CCCCCCCCC(C)CCCCCCCC(=O)OCC(O)CO. The van der Waals surface area contributed by atoms with Crippen molar-refractivity contribution in [3.8, 4) is 0 Å². The number of unbranched alkanes of at least 4 members (excludes halogenated alkanes) is 9. The molecule has 0 aromatic heterocycles. The number of rotatable bonds is 18. The van der Waals surface area contributed by atoms with Crippen molar-refractivity contribution in [2.24, 2.45) is 5.92 Å². The van der Waals surface area contributed by atoms with Gasteiger partial charge in [0.25, 0.3) is 0 Å². The van der Waals surface area contributed by atoms with E-state index in [2.05, 4.69) is 13.8 Å². The standard InChI is InChI=1S/C21H42O4/c1-3-4-5-6-8-11-14-19(2)15-12-9-7-10-13-16-21(24)25-18-20(23)17-22/h19-20,22-23H,3-18H2,1-2H3. The third-order valence-corrected chi connectivity index (χ3v) is 4.78. The van der Waals surface area contributed by atoms with Gasteiger partial charge >= 0.3 is 5.97 Å². The highest BCUT2D eigenvalue weighted by Gasteiger charge is 2.07. The number of carbonyl (C=O) groups is 1. The largest absolute Gasteiger partial charge is 0.463 e. The van der Waals surface area contributed by atoms with Crippen LogP contribution in [0.1, 0.15) is 104 Å². The lowest BCUT2D eigenvalue weighted by Gasteiger charge is -2.11. The zero-order valence-electron chi connectivity index (χ0n) is 16.7. The molecule has 2 atom stereocenters. The van der Waals surface area contributed by atoms with Gasteiger partial charge in [0.05, 0.1) is 6.61 Å². The number of carbonyl (C=O) groups excluding carboxylic acids is 1. The van der Waals surface area contributed by atoms with Crippen LogP contribution in [0.4, 0.5) is 0 Å². The second-order valence-corrected chi connectivity index (χ2v) is 7.49. The Morgan fingerprint density at radius 3 is 1.96 bits per heavy atom. The predicted octanol–water partition coefficient (Wildman–Crippen LogP) is 5.00. The molecule has 0 aromatic rings. The Labute approximate surface area is 155 Å². The van der Waals surface area contributed by atoms with Crippen LogP contribution in [0, 0.1) is 5.92 Å². The molecule has 0 aliphatic carbocycles. The molecule has 4 nitrogen and oxygen atoms in total. The van der Waals surface area contributed by atoms with Gasteiger partial charge in [-0.15, -0.1) is 0 Å². The molecule has 0 heterocycles. The first kappa shape index (κ1) is 24.4. The summed E-state index contributed by atoms with van der Waals surface area (Å²) < 4.78 is 4.87. The van der Waals surface area contributed by atoms with Gasteiger partial charge < -0.3 is 14.9 Å². The van der Waals surface area contributed by atoms with Crippen molar-refractivity contribution in [2.75, 3.05) is 13.2 Å². The minimum Gasteiger partial charge on any atom is -0.463 e. The van der Waals surface area contributed by atoms with Gasteiger partial charge in [0.1, 0.15) is 12.7 Å². The second-order valence-electron chi connectivity index (χ2n) is 7.49. The predicted molar refractivity (Wildman–Crippen MR) is 104 cm³/mol. The lowest BCUT2D eigenvalue weighted by Crippen LogP contribution is -2.21. The van der Waals surface area contributed by atoms with Crippen molar-refractivity contribution in [1.29, 1.82) is 0 Å². The minimum atomic E-state index is -0.956. The summed E-state index contributed by atoms with van der Waals surface area (Å²) in [5, 5.41) is 17.7. The molecule has 150 valence electrons. The number of aliphatic hydroxyl groups is 2. The number of ether oxygens (including phenoxy) is 1. The molecule has 0 aromatic carbocycles. The molecule has 0 saturated carbocycles. The minimum absolute atomic E-state index is 0.105. The fourth-order valence-electron chi connectivity index (χ4n) is 3.02. The highest BCUT2D eigenvalue weighted by Crippen LogP contribution is 2.18. The number of hydrogen-bond donors (Lipinski definition) is 2. The lowest BCUT2D eigenvalue weighted by atomic mass is 9.96. The topological polar surface area (TPSA) is 66.8 Å². The van der Waals surface area contributed by atoms with Gasteiger partial charge in [0.2, 0.25) is 0 Å². The molecule has 0 spiro atoms. The second kappa shape index (κ2) is 18.2. The first-order valence-electron chi connectivity index (χ1n) is 10.5. The Balaban J connectivity index is 3.30. The van der Waals surface area contributed by atoms with Crippen LogP contribution in [0.2, 0.25) is 0 Å². The molecule has 4 heteroatoms. The molecule has 0 fully saturated rings. The van der Waals surface area contributed by atoms with Crippen molar-refractivity contribution in [1.82, 2.24) is 0 Å². The Hall–Kier alpha value is -0.610. The van der Waals surface area contributed by atoms with Crippen LogP contribution >= 0.6 is 0 Å². The molecule has 25 heavy (non-hydrogen) atoms. The van der Waals surface area contributed by atoms with Crippen molar-refractivity contribution >= 4 is 5.97 Å². The number of hydrogen-bond acceptors (Lipinski definition) is 4. The Morgan fingerprint density at radius 2 is 1.40 bits per heavy atom. The van der Waals surface area contributed by atoms with E-state index < -0.39 is 6.10 Å². The molecule has 0 radical (unpaired) electrons. The summed E-state index contributed by atoms with van der Waals surface area (Å²) in [6, 6.07) is 0. The zero-order valence-corrected chi connectivity index (χ0v) is 16.7. The van der Waals surface area contributed by atoms with E-state index in [4.69, 9.17) is 14.9 Å². The van der Waals surface area contributed by atoms with Gasteiger partial charge in [0.15, 0.2) is 0 Å². The fraction of sp³-hybridized carbons (Fsp3) is 0.952. The quantitative estimate of drug-likeness (QED) is 0.267. The maximum Gasteiger partial charge on any atom is 0.305 e. The molecule has 0 saturated heterocycles. The average molecular weight is 359 g/mol. The molecular weight excluding hydrogens is 316 g/mol. The van der Waals surface area contributed by atoms with Crippen LogP contribution in [0.3, 0.4) is 0 Å². The summed E-state index contributed by atoms with van der Waals surface area (Å²) in [5.74, 6) is 0.569. The molecule has 2 N–H and O–H groups in total.